The fraction of sp³-hybridized carbons (Fsp3) is 0.455. The molecule has 5 nitrogen and oxygen atoms in total. The second-order valence-electron chi connectivity index (χ2n) is 7.71. The first kappa shape index (κ1) is 17.8. The Kier molecular flexibility index (Phi) is 5.01. The molecule has 27 heavy (non-hydrogen) atoms. The van der Waals surface area contributed by atoms with Crippen molar-refractivity contribution in [2.24, 2.45) is 5.41 Å². The number of benzene rings is 1. The van der Waals surface area contributed by atoms with E-state index in [4.69, 9.17) is 4.74 Å². The summed E-state index contributed by atoms with van der Waals surface area (Å²) in [6, 6.07) is 11.6. The van der Waals surface area contributed by atoms with Crippen LogP contribution in [0.3, 0.4) is 0 Å². The molecule has 4 rings (SSSR count). The summed E-state index contributed by atoms with van der Waals surface area (Å²) in [6.07, 6.45) is 8.36. The van der Waals surface area contributed by atoms with Crippen LogP contribution < -0.4 is 9.64 Å². The largest absolute Gasteiger partial charge is 0.497 e. The van der Waals surface area contributed by atoms with E-state index >= 15 is 0 Å². The molecular weight excluding hydrogens is 338 g/mol. The molecule has 142 valence electrons. The highest BCUT2D eigenvalue weighted by Gasteiger charge is 2.38. The molecule has 2 saturated heterocycles. The Balaban J connectivity index is 1.33. The van der Waals surface area contributed by atoms with Gasteiger partial charge in [0.15, 0.2) is 0 Å². The Labute approximate surface area is 161 Å². The van der Waals surface area contributed by atoms with E-state index in [1.54, 1.807) is 7.11 Å². The molecule has 0 bridgehead atoms. The molecule has 1 aromatic heterocycles. The maximum Gasteiger partial charge on any atom is 0.253 e. The predicted octanol–water partition coefficient (Wildman–Crippen LogP) is 3.61. The molecule has 0 aliphatic carbocycles. The van der Waals surface area contributed by atoms with Crippen LogP contribution in [-0.4, -0.2) is 49.1 Å². The lowest BCUT2D eigenvalue weighted by molar-refractivity contribution is 0.0515. The van der Waals surface area contributed by atoms with Gasteiger partial charge < -0.3 is 14.5 Å². The molecule has 3 heterocycles. The number of likely N-dealkylation sites (tertiary alicyclic amines) is 1. The van der Waals surface area contributed by atoms with E-state index in [1.807, 2.05) is 41.6 Å². The number of methoxy groups -OCH3 is 1. The van der Waals surface area contributed by atoms with Gasteiger partial charge in [-0.1, -0.05) is 0 Å². The van der Waals surface area contributed by atoms with E-state index in [1.165, 1.54) is 18.5 Å². The van der Waals surface area contributed by atoms with Crippen LogP contribution in [0.2, 0.25) is 0 Å². The van der Waals surface area contributed by atoms with Crippen molar-refractivity contribution in [2.75, 3.05) is 38.2 Å². The zero-order valence-corrected chi connectivity index (χ0v) is 15.9. The number of rotatable bonds is 3. The number of nitrogens with zero attached hydrogens (tertiary/aromatic N) is 3. The van der Waals surface area contributed by atoms with Crippen LogP contribution >= 0.6 is 0 Å². The number of ether oxygens (including phenoxy) is 1. The second kappa shape index (κ2) is 7.59. The minimum absolute atomic E-state index is 0.140. The van der Waals surface area contributed by atoms with Crippen LogP contribution in [0.15, 0.2) is 48.8 Å². The molecule has 0 N–H and O–H groups in total. The van der Waals surface area contributed by atoms with Gasteiger partial charge >= 0.3 is 0 Å². The summed E-state index contributed by atoms with van der Waals surface area (Å²) in [5.41, 5.74) is 2.42. The molecule has 2 fully saturated rings. The average Bonchev–Trinajstić information content (AvgIpc) is 2.75. The summed E-state index contributed by atoms with van der Waals surface area (Å²) in [4.78, 5) is 21.4. The quantitative estimate of drug-likeness (QED) is 0.834. The molecule has 2 aliphatic rings. The number of aromatic nitrogens is 1. The molecule has 1 amide bonds. The van der Waals surface area contributed by atoms with Crippen molar-refractivity contribution in [1.29, 1.82) is 0 Å². The van der Waals surface area contributed by atoms with Gasteiger partial charge in [-0.3, -0.25) is 9.78 Å². The van der Waals surface area contributed by atoms with Crippen LogP contribution in [0.4, 0.5) is 5.69 Å². The maximum absolute atomic E-state index is 12.8. The number of carbonyl (C=O) groups excluding carboxylic acids is 1. The van der Waals surface area contributed by atoms with Crippen LogP contribution in [0, 0.1) is 5.41 Å². The fourth-order valence-corrected chi connectivity index (χ4v) is 4.39. The van der Waals surface area contributed by atoms with Crippen molar-refractivity contribution < 1.29 is 9.53 Å². The zero-order chi connectivity index (χ0) is 18.7. The highest BCUT2D eigenvalue weighted by molar-refractivity contribution is 5.94. The molecule has 2 aromatic rings. The summed E-state index contributed by atoms with van der Waals surface area (Å²) in [6.45, 7) is 3.91. The van der Waals surface area contributed by atoms with E-state index < -0.39 is 0 Å². The van der Waals surface area contributed by atoms with Crippen LogP contribution in [0.5, 0.6) is 5.75 Å². The molecule has 0 atom stereocenters. The minimum atomic E-state index is 0.140. The van der Waals surface area contributed by atoms with E-state index in [0.717, 1.165) is 50.3 Å². The van der Waals surface area contributed by atoms with Crippen molar-refractivity contribution in [3.63, 3.8) is 0 Å². The third-order valence-electron chi connectivity index (χ3n) is 6.30. The first-order valence-corrected chi connectivity index (χ1v) is 9.77. The molecule has 5 heteroatoms. The van der Waals surface area contributed by atoms with Gasteiger partial charge in [0, 0.05) is 49.8 Å². The Bertz CT molecular complexity index is 758. The standard InChI is InChI=1S/C22H27N3O2/c1-27-20-4-2-18(3-5-20)21(26)25-16-10-22(11-17-25)8-14-24(15-9-22)19-6-12-23-13-7-19/h2-7,12-13H,8-11,14-17H2,1H3. The van der Waals surface area contributed by atoms with Crippen LogP contribution in [0.1, 0.15) is 36.0 Å². The maximum atomic E-state index is 12.8. The van der Waals surface area contributed by atoms with Gasteiger partial charge in [0.1, 0.15) is 5.75 Å². The Hall–Kier alpha value is -2.56. The van der Waals surface area contributed by atoms with Gasteiger partial charge in [-0.25, -0.2) is 0 Å². The molecule has 1 aromatic carbocycles. The van der Waals surface area contributed by atoms with Crippen molar-refractivity contribution >= 4 is 11.6 Å². The fourth-order valence-electron chi connectivity index (χ4n) is 4.39. The molecule has 0 radical (unpaired) electrons. The SMILES string of the molecule is COc1ccc(C(=O)N2CCC3(CC2)CCN(c2ccncc2)CC3)cc1. The average molecular weight is 365 g/mol. The topological polar surface area (TPSA) is 45.7 Å². The Morgan fingerprint density at radius 3 is 2.11 bits per heavy atom. The number of carbonyl (C=O) groups is 1. The molecule has 1 spiro atoms. The van der Waals surface area contributed by atoms with E-state index in [-0.39, 0.29) is 5.91 Å². The lowest BCUT2D eigenvalue weighted by Crippen LogP contribution is -2.48. The lowest BCUT2D eigenvalue weighted by atomic mass is 9.71. The van der Waals surface area contributed by atoms with Crippen molar-refractivity contribution in [3.8, 4) is 5.75 Å². The lowest BCUT2D eigenvalue weighted by Gasteiger charge is -2.47. The van der Waals surface area contributed by atoms with Gasteiger partial charge in [0.25, 0.3) is 5.91 Å². The van der Waals surface area contributed by atoms with Crippen LogP contribution in [-0.2, 0) is 0 Å². The minimum Gasteiger partial charge on any atom is -0.497 e. The normalized spacial score (nSPS) is 19.1. The van der Waals surface area contributed by atoms with Gasteiger partial charge in [0.2, 0.25) is 0 Å². The molecular formula is C22H27N3O2. The summed E-state index contributed by atoms with van der Waals surface area (Å²) in [5.74, 6) is 0.923. The highest BCUT2D eigenvalue weighted by atomic mass is 16.5. The number of hydrogen-bond donors (Lipinski definition) is 0. The smallest absolute Gasteiger partial charge is 0.253 e. The Morgan fingerprint density at radius 1 is 0.926 bits per heavy atom. The monoisotopic (exact) mass is 365 g/mol. The Morgan fingerprint density at radius 2 is 1.52 bits per heavy atom. The molecule has 0 unspecified atom stereocenters. The highest BCUT2D eigenvalue weighted by Crippen LogP contribution is 2.42. The van der Waals surface area contributed by atoms with Gasteiger partial charge in [0.05, 0.1) is 7.11 Å². The zero-order valence-electron chi connectivity index (χ0n) is 15.9. The second-order valence-corrected chi connectivity index (χ2v) is 7.71. The summed E-state index contributed by atoms with van der Waals surface area (Å²) < 4.78 is 5.18. The number of pyridine rings is 1. The van der Waals surface area contributed by atoms with Crippen molar-refractivity contribution in [2.45, 2.75) is 25.7 Å². The first-order valence-electron chi connectivity index (χ1n) is 9.77. The molecule has 2 aliphatic heterocycles. The third-order valence-corrected chi connectivity index (χ3v) is 6.30. The summed E-state index contributed by atoms with van der Waals surface area (Å²) >= 11 is 0. The van der Waals surface area contributed by atoms with E-state index in [2.05, 4.69) is 22.0 Å². The number of anilines is 1. The summed E-state index contributed by atoms with van der Waals surface area (Å²) in [7, 11) is 1.64. The van der Waals surface area contributed by atoms with Gasteiger partial charge in [-0.2, -0.15) is 0 Å². The van der Waals surface area contributed by atoms with Crippen molar-refractivity contribution in [1.82, 2.24) is 9.88 Å². The van der Waals surface area contributed by atoms with Crippen molar-refractivity contribution in [3.05, 3.63) is 54.4 Å². The third kappa shape index (κ3) is 3.77. The van der Waals surface area contributed by atoms with E-state index in [9.17, 15) is 4.79 Å². The van der Waals surface area contributed by atoms with Crippen LogP contribution in [0.25, 0.3) is 0 Å². The first-order chi connectivity index (χ1) is 13.2. The molecule has 0 saturated carbocycles. The van der Waals surface area contributed by atoms with E-state index in [0.29, 0.717) is 5.41 Å². The predicted molar refractivity (Wildman–Crippen MR) is 106 cm³/mol. The summed E-state index contributed by atoms with van der Waals surface area (Å²) in [5, 5.41) is 0. The number of piperidine rings is 2. The number of amides is 1. The number of hydrogen-bond acceptors (Lipinski definition) is 4. The van der Waals surface area contributed by atoms with Gasteiger partial charge in [-0.15, -0.1) is 0 Å². The van der Waals surface area contributed by atoms with Gasteiger partial charge in [-0.05, 0) is 67.5 Å².